The summed E-state index contributed by atoms with van der Waals surface area (Å²) in [6.07, 6.45) is 0.0236. The van der Waals surface area contributed by atoms with E-state index in [4.69, 9.17) is 9.84 Å². The topological polar surface area (TPSA) is 99.7 Å². The maximum Gasteiger partial charge on any atom is 0.352 e. The van der Waals surface area contributed by atoms with Crippen molar-refractivity contribution in [3.63, 3.8) is 0 Å². The molecule has 0 fully saturated rings. The highest BCUT2D eigenvalue weighted by Crippen LogP contribution is 2.25. The number of hydrogen-bond acceptors (Lipinski definition) is 4. The summed E-state index contributed by atoms with van der Waals surface area (Å²) in [6, 6.07) is 0. The number of likely N-dealkylation sites (N-methyl/N-ethyl adjacent to an activating group) is 1. The lowest BCUT2D eigenvalue weighted by molar-refractivity contribution is 0.0689. The Morgan fingerprint density at radius 2 is 1.95 bits per heavy atom. The Bertz CT molecular complexity index is 619. The number of carboxylic acid groups (broad SMARTS) is 1. The second-order valence-corrected chi connectivity index (χ2v) is 7.11. The third kappa shape index (κ3) is 3.84. The summed E-state index contributed by atoms with van der Waals surface area (Å²) in [6.45, 7) is 7.25. The first-order chi connectivity index (χ1) is 9.59. The van der Waals surface area contributed by atoms with Crippen LogP contribution in [0, 0.1) is 13.8 Å². The monoisotopic (exact) mass is 318 g/mol. The molecule has 120 valence electrons. The van der Waals surface area contributed by atoms with Gasteiger partial charge in [-0.15, -0.1) is 0 Å². The van der Waals surface area contributed by atoms with Crippen LogP contribution in [0.1, 0.15) is 35.6 Å². The smallest absolute Gasteiger partial charge is 0.352 e. The van der Waals surface area contributed by atoms with E-state index in [0.29, 0.717) is 5.69 Å². The molecular formula is C13H22N2O5S. The Morgan fingerprint density at radius 3 is 2.38 bits per heavy atom. The fraction of sp³-hybridized carbons (Fsp3) is 0.615. The van der Waals surface area contributed by atoms with Gasteiger partial charge in [-0.3, -0.25) is 0 Å². The molecule has 2 N–H and O–H groups in total. The molecule has 0 amide bonds. The number of nitrogens with one attached hydrogen (secondary N) is 1. The number of carboxylic acids is 1. The molecule has 1 aromatic heterocycles. The average Bonchev–Trinajstić information content (AvgIpc) is 2.64. The third-order valence-corrected chi connectivity index (χ3v) is 5.24. The maximum absolute atomic E-state index is 12.5. The Kier molecular flexibility index (Phi) is 5.54. The van der Waals surface area contributed by atoms with E-state index >= 15 is 0 Å². The number of aryl methyl sites for hydroxylation is 1. The minimum atomic E-state index is -3.75. The van der Waals surface area contributed by atoms with Gasteiger partial charge in [0.05, 0.1) is 12.7 Å². The van der Waals surface area contributed by atoms with Gasteiger partial charge in [0.25, 0.3) is 0 Å². The highest BCUT2D eigenvalue weighted by Gasteiger charge is 2.29. The minimum absolute atomic E-state index is 0.0203. The molecule has 0 aliphatic heterocycles. The van der Waals surface area contributed by atoms with Crippen molar-refractivity contribution in [3.8, 4) is 0 Å². The molecule has 8 heteroatoms. The lowest BCUT2D eigenvalue weighted by Crippen LogP contribution is -2.31. The van der Waals surface area contributed by atoms with E-state index < -0.39 is 16.0 Å². The van der Waals surface area contributed by atoms with Crippen LogP contribution < -0.4 is 0 Å². The van der Waals surface area contributed by atoms with Crippen molar-refractivity contribution >= 4 is 16.0 Å². The Labute approximate surface area is 125 Å². The lowest BCUT2D eigenvalue weighted by atomic mass is 10.2. The zero-order chi connectivity index (χ0) is 16.4. The molecule has 1 rings (SSSR count). The number of sulfonamides is 1. The molecule has 0 saturated heterocycles. The quantitative estimate of drug-likeness (QED) is 0.791. The zero-order valence-corrected chi connectivity index (χ0v) is 13.7. The SMILES string of the molecule is Cc1[nH]c(C(=O)O)c(C)c1S(=O)(=O)N(C)CCOC(C)C. The van der Waals surface area contributed by atoms with E-state index in [0.717, 1.165) is 0 Å². The third-order valence-electron chi connectivity index (χ3n) is 3.11. The van der Waals surface area contributed by atoms with Crippen LogP contribution in [-0.4, -0.2) is 55.1 Å². The summed E-state index contributed by atoms with van der Waals surface area (Å²) >= 11 is 0. The number of nitrogens with zero attached hydrogens (tertiary/aromatic N) is 1. The number of rotatable bonds is 7. The second-order valence-electron chi connectivity index (χ2n) is 5.13. The minimum Gasteiger partial charge on any atom is -0.477 e. The predicted octanol–water partition coefficient (Wildman–Crippen LogP) is 1.38. The van der Waals surface area contributed by atoms with Gasteiger partial charge in [-0.1, -0.05) is 0 Å². The van der Waals surface area contributed by atoms with Gasteiger partial charge >= 0.3 is 5.97 Å². The van der Waals surface area contributed by atoms with Gasteiger partial charge in [0.1, 0.15) is 10.6 Å². The van der Waals surface area contributed by atoms with E-state index in [9.17, 15) is 13.2 Å². The molecule has 0 radical (unpaired) electrons. The first-order valence-corrected chi connectivity index (χ1v) is 8.03. The normalized spacial score (nSPS) is 12.3. The van der Waals surface area contributed by atoms with Crippen LogP contribution in [0.15, 0.2) is 4.90 Å². The van der Waals surface area contributed by atoms with Crippen molar-refractivity contribution in [2.24, 2.45) is 0 Å². The van der Waals surface area contributed by atoms with Gasteiger partial charge in [-0.05, 0) is 27.7 Å². The molecule has 0 aliphatic carbocycles. The van der Waals surface area contributed by atoms with Gasteiger partial charge in [0.15, 0.2) is 0 Å². The van der Waals surface area contributed by atoms with Gasteiger partial charge in [0, 0.05) is 24.8 Å². The molecule has 7 nitrogen and oxygen atoms in total. The molecule has 0 saturated carbocycles. The van der Waals surface area contributed by atoms with E-state index in [-0.39, 0.29) is 35.4 Å². The fourth-order valence-corrected chi connectivity index (χ4v) is 3.58. The van der Waals surface area contributed by atoms with Crippen LogP contribution in [0.5, 0.6) is 0 Å². The summed E-state index contributed by atoms with van der Waals surface area (Å²) in [7, 11) is -2.30. The van der Waals surface area contributed by atoms with Gasteiger partial charge in [-0.2, -0.15) is 4.31 Å². The van der Waals surface area contributed by atoms with E-state index in [1.165, 1.54) is 18.3 Å². The number of carbonyl (C=O) groups is 1. The highest BCUT2D eigenvalue weighted by molar-refractivity contribution is 7.89. The summed E-state index contributed by atoms with van der Waals surface area (Å²) in [4.78, 5) is 13.7. The summed E-state index contributed by atoms with van der Waals surface area (Å²) in [5, 5.41) is 9.05. The van der Waals surface area contributed by atoms with E-state index in [1.54, 1.807) is 6.92 Å². The molecule has 0 bridgehead atoms. The van der Waals surface area contributed by atoms with Crippen LogP contribution in [0.3, 0.4) is 0 Å². The van der Waals surface area contributed by atoms with Crippen LogP contribution >= 0.6 is 0 Å². The van der Waals surface area contributed by atoms with Crippen LogP contribution in [-0.2, 0) is 14.8 Å². The van der Waals surface area contributed by atoms with Crippen molar-refractivity contribution < 1.29 is 23.1 Å². The van der Waals surface area contributed by atoms with Crippen molar-refractivity contribution in [1.29, 1.82) is 0 Å². The van der Waals surface area contributed by atoms with Crippen molar-refractivity contribution in [2.75, 3.05) is 20.2 Å². The van der Waals surface area contributed by atoms with Crippen LogP contribution in [0.25, 0.3) is 0 Å². The molecule has 0 spiro atoms. The Morgan fingerprint density at radius 1 is 1.38 bits per heavy atom. The molecule has 0 aromatic carbocycles. The Hall–Kier alpha value is -1.38. The molecule has 0 aliphatic rings. The predicted molar refractivity (Wildman–Crippen MR) is 78.1 cm³/mol. The van der Waals surface area contributed by atoms with Crippen molar-refractivity contribution in [3.05, 3.63) is 17.0 Å². The Balaban J connectivity index is 3.05. The first-order valence-electron chi connectivity index (χ1n) is 6.59. The van der Waals surface area contributed by atoms with Crippen molar-refractivity contribution in [1.82, 2.24) is 9.29 Å². The van der Waals surface area contributed by atoms with E-state index in [2.05, 4.69) is 4.98 Å². The van der Waals surface area contributed by atoms with Gasteiger partial charge in [-0.25, -0.2) is 13.2 Å². The second kappa shape index (κ2) is 6.59. The number of aromatic carboxylic acids is 1. The average molecular weight is 318 g/mol. The number of ether oxygens (including phenoxy) is 1. The molecule has 0 unspecified atom stereocenters. The largest absolute Gasteiger partial charge is 0.477 e. The zero-order valence-electron chi connectivity index (χ0n) is 12.9. The summed E-state index contributed by atoms with van der Waals surface area (Å²) in [5.74, 6) is -1.18. The fourth-order valence-electron chi connectivity index (χ4n) is 2.03. The van der Waals surface area contributed by atoms with Gasteiger partial charge in [0.2, 0.25) is 10.0 Å². The molecule has 1 heterocycles. The standard InChI is InChI=1S/C13H22N2O5S/c1-8(2)20-7-6-15(5)21(18,19)12-9(3)11(13(16)17)14-10(12)4/h8,14H,6-7H2,1-5H3,(H,16,17). The van der Waals surface area contributed by atoms with Crippen LogP contribution in [0.4, 0.5) is 0 Å². The summed E-state index contributed by atoms with van der Waals surface area (Å²) < 4.78 is 31.6. The first kappa shape index (κ1) is 17.7. The summed E-state index contributed by atoms with van der Waals surface area (Å²) in [5.41, 5.74) is 0.441. The van der Waals surface area contributed by atoms with Crippen molar-refractivity contribution in [2.45, 2.75) is 38.7 Å². The van der Waals surface area contributed by atoms with Gasteiger partial charge < -0.3 is 14.8 Å². The van der Waals surface area contributed by atoms with Crippen LogP contribution in [0.2, 0.25) is 0 Å². The highest BCUT2D eigenvalue weighted by atomic mass is 32.2. The molecule has 21 heavy (non-hydrogen) atoms. The molecule has 0 atom stereocenters. The maximum atomic E-state index is 12.5. The lowest BCUT2D eigenvalue weighted by Gasteiger charge is -2.18. The van der Waals surface area contributed by atoms with E-state index in [1.807, 2.05) is 13.8 Å². The number of aromatic amines is 1. The number of hydrogen-bond donors (Lipinski definition) is 2. The molecular weight excluding hydrogens is 296 g/mol. The number of aromatic nitrogens is 1. The molecule has 1 aromatic rings. The number of H-pyrrole nitrogens is 1.